The molecule has 0 aliphatic heterocycles. The third kappa shape index (κ3) is 6.68. The molecule has 0 radical (unpaired) electrons. The molecule has 0 aliphatic carbocycles. The van der Waals surface area contributed by atoms with Crippen LogP contribution in [0.1, 0.15) is 39.2 Å². The summed E-state index contributed by atoms with van der Waals surface area (Å²) in [6.07, 6.45) is 4.94. The number of aliphatic carboxylic acids is 1. The zero-order valence-electron chi connectivity index (χ0n) is 11.6. The molecule has 0 saturated carbocycles. The van der Waals surface area contributed by atoms with Crippen LogP contribution in [-0.2, 0) is 11.3 Å². The van der Waals surface area contributed by atoms with Crippen molar-refractivity contribution in [2.24, 2.45) is 5.41 Å². The average molecular weight is 329 g/mol. The van der Waals surface area contributed by atoms with Gasteiger partial charge in [0.2, 0.25) is 0 Å². The van der Waals surface area contributed by atoms with E-state index >= 15 is 0 Å². The van der Waals surface area contributed by atoms with E-state index < -0.39 is 12.0 Å². The molecule has 0 amide bonds. The monoisotopic (exact) mass is 328 g/mol. The summed E-state index contributed by atoms with van der Waals surface area (Å²) in [5, 5.41) is 12.3. The predicted octanol–water partition coefficient (Wildman–Crippen LogP) is 3.21. The van der Waals surface area contributed by atoms with E-state index in [0.29, 0.717) is 13.0 Å². The fraction of sp³-hybridized carbons (Fsp3) is 0.571. The summed E-state index contributed by atoms with van der Waals surface area (Å²) in [5.41, 5.74) is 1.11. The van der Waals surface area contributed by atoms with Crippen LogP contribution in [0.15, 0.2) is 22.9 Å². The van der Waals surface area contributed by atoms with E-state index in [1.165, 1.54) is 0 Å². The number of hydrogen-bond acceptors (Lipinski definition) is 3. The van der Waals surface area contributed by atoms with Crippen molar-refractivity contribution in [2.75, 3.05) is 0 Å². The van der Waals surface area contributed by atoms with Gasteiger partial charge in [-0.05, 0) is 45.8 Å². The molecule has 4 nitrogen and oxygen atoms in total. The SMILES string of the molecule is CC(C)(C)CCC(NCc1cncc(Br)c1)C(=O)O. The lowest BCUT2D eigenvalue weighted by Gasteiger charge is -2.21. The lowest BCUT2D eigenvalue weighted by Crippen LogP contribution is -2.37. The van der Waals surface area contributed by atoms with Gasteiger partial charge in [-0.25, -0.2) is 0 Å². The van der Waals surface area contributed by atoms with Crippen molar-refractivity contribution in [1.29, 1.82) is 0 Å². The first-order valence-electron chi connectivity index (χ1n) is 6.33. The van der Waals surface area contributed by atoms with Crippen molar-refractivity contribution < 1.29 is 9.90 Å². The van der Waals surface area contributed by atoms with Crippen LogP contribution in [0, 0.1) is 5.41 Å². The Balaban J connectivity index is 2.52. The molecule has 1 aromatic rings. The summed E-state index contributed by atoms with van der Waals surface area (Å²) < 4.78 is 0.897. The minimum absolute atomic E-state index is 0.146. The molecule has 19 heavy (non-hydrogen) atoms. The Bertz CT molecular complexity index is 430. The fourth-order valence-electron chi connectivity index (χ4n) is 1.68. The van der Waals surface area contributed by atoms with Crippen LogP contribution in [0.5, 0.6) is 0 Å². The number of rotatable bonds is 6. The molecule has 1 rings (SSSR count). The normalized spacial score (nSPS) is 13.3. The highest BCUT2D eigenvalue weighted by molar-refractivity contribution is 9.10. The van der Waals surface area contributed by atoms with Crippen LogP contribution in [-0.4, -0.2) is 22.1 Å². The van der Waals surface area contributed by atoms with Gasteiger partial charge in [-0.15, -0.1) is 0 Å². The van der Waals surface area contributed by atoms with E-state index in [9.17, 15) is 9.90 Å². The summed E-state index contributed by atoms with van der Waals surface area (Å²) in [7, 11) is 0. The molecule has 0 fully saturated rings. The Kier molecular flexibility index (Phi) is 5.94. The van der Waals surface area contributed by atoms with E-state index in [1.54, 1.807) is 12.4 Å². The zero-order valence-corrected chi connectivity index (χ0v) is 13.2. The standard InChI is InChI=1S/C14H21BrN2O2/c1-14(2,3)5-4-12(13(18)19)17-8-10-6-11(15)9-16-7-10/h6-7,9,12,17H,4-5,8H2,1-3H3,(H,18,19). The number of carboxylic acids is 1. The van der Waals surface area contributed by atoms with Gasteiger partial charge in [0.25, 0.3) is 0 Å². The Morgan fingerprint density at radius 1 is 1.47 bits per heavy atom. The second kappa shape index (κ2) is 7.01. The fourth-order valence-corrected chi connectivity index (χ4v) is 2.10. The van der Waals surface area contributed by atoms with Crippen LogP contribution in [0.2, 0.25) is 0 Å². The van der Waals surface area contributed by atoms with Gasteiger partial charge in [0.1, 0.15) is 6.04 Å². The molecular formula is C14H21BrN2O2. The summed E-state index contributed by atoms with van der Waals surface area (Å²) >= 11 is 3.35. The minimum Gasteiger partial charge on any atom is -0.480 e. The van der Waals surface area contributed by atoms with Crippen LogP contribution in [0.3, 0.4) is 0 Å². The molecule has 0 aliphatic rings. The number of nitrogens with zero attached hydrogens (tertiary/aromatic N) is 1. The van der Waals surface area contributed by atoms with Crippen molar-refractivity contribution in [3.05, 3.63) is 28.5 Å². The molecule has 0 spiro atoms. The number of pyridine rings is 1. The number of aromatic nitrogens is 1. The van der Waals surface area contributed by atoms with Crippen molar-refractivity contribution in [2.45, 2.75) is 46.2 Å². The number of hydrogen-bond donors (Lipinski definition) is 2. The quantitative estimate of drug-likeness (QED) is 0.841. The summed E-state index contributed by atoms with van der Waals surface area (Å²) in [5.74, 6) is -0.799. The molecule has 0 saturated heterocycles. The average Bonchev–Trinajstić information content (AvgIpc) is 2.27. The van der Waals surface area contributed by atoms with Crippen LogP contribution in [0.25, 0.3) is 0 Å². The Hall–Kier alpha value is -0.940. The third-order valence-electron chi connectivity index (χ3n) is 2.80. The summed E-state index contributed by atoms with van der Waals surface area (Å²) in [6.45, 7) is 6.85. The molecule has 5 heteroatoms. The lowest BCUT2D eigenvalue weighted by molar-refractivity contribution is -0.139. The number of carbonyl (C=O) groups is 1. The predicted molar refractivity (Wildman–Crippen MR) is 78.9 cm³/mol. The second-order valence-corrected chi connectivity index (χ2v) is 6.80. The van der Waals surface area contributed by atoms with E-state index in [-0.39, 0.29) is 5.41 Å². The van der Waals surface area contributed by atoms with Gasteiger partial charge in [0.05, 0.1) is 0 Å². The Labute approximate surface area is 122 Å². The van der Waals surface area contributed by atoms with Gasteiger partial charge in [-0.1, -0.05) is 20.8 Å². The minimum atomic E-state index is -0.799. The molecule has 1 unspecified atom stereocenters. The Morgan fingerprint density at radius 2 is 2.16 bits per heavy atom. The highest BCUT2D eigenvalue weighted by Crippen LogP contribution is 2.21. The smallest absolute Gasteiger partial charge is 0.320 e. The van der Waals surface area contributed by atoms with Crippen molar-refractivity contribution in [3.63, 3.8) is 0 Å². The highest BCUT2D eigenvalue weighted by Gasteiger charge is 2.20. The van der Waals surface area contributed by atoms with Gasteiger partial charge in [-0.3, -0.25) is 9.78 Å². The molecule has 106 valence electrons. The van der Waals surface area contributed by atoms with Gasteiger partial charge in [0.15, 0.2) is 0 Å². The first-order chi connectivity index (χ1) is 8.78. The van der Waals surface area contributed by atoms with Crippen LogP contribution in [0.4, 0.5) is 0 Å². The maximum absolute atomic E-state index is 11.2. The highest BCUT2D eigenvalue weighted by atomic mass is 79.9. The van der Waals surface area contributed by atoms with Crippen molar-refractivity contribution in [1.82, 2.24) is 10.3 Å². The summed E-state index contributed by atoms with van der Waals surface area (Å²) in [4.78, 5) is 15.3. The van der Waals surface area contributed by atoms with Crippen LogP contribution >= 0.6 is 15.9 Å². The lowest BCUT2D eigenvalue weighted by atomic mass is 9.88. The van der Waals surface area contributed by atoms with Gasteiger partial charge in [0, 0.05) is 23.4 Å². The first-order valence-corrected chi connectivity index (χ1v) is 7.13. The number of halogens is 1. The molecular weight excluding hydrogens is 308 g/mol. The van der Waals surface area contributed by atoms with E-state index in [0.717, 1.165) is 16.5 Å². The summed E-state index contributed by atoms with van der Waals surface area (Å²) in [6, 6.07) is 1.42. The van der Waals surface area contributed by atoms with E-state index in [1.807, 2.05) is 6.07 Å². The second-order valence-electron chi connectivity index (χ2n) is 5.88. The van der Waals surface area contributed by atoms with Gasteiger partial charge < -0.3 is 10.4 Å². The van der Waals surface area contributed by atoms with E-state index in [2.05, 4.69) is 47.0 Å². The Morgan fingerprint density at radius 3 is 2.68 bits per heavy atom. The molecule has 2 N–H and O–H groups in total. The van der Waals surface area contributed by atoms with Crippen molar-refractivity contribution in [3.8, 4) is 0 Å². The van der Waals surface area contributed by atoms with Gasteiger partial charge >= 0.3 is 5.97 Å². The molecule has 1 atom stereocenters. The van der Waals surface area contributed by atoms with Crippen LogP contribution < -0.4 is 5.32 Å². The molecule has 1 heterocycles. The van der Waals surface area contributed by atoms with Gasteiger partial charge in [-0.2, -0.15) is 0 Å². The number of carboxylic acid groups (broad SMARTS) is 1. The largest absolute Gasteiger partial charge is 0.480 e. The molecule has 0 aromatic carbocycles. The third-order valence-corrected chi connectivity index (χ3v) is 3.23. The maximum Gasteiger partial charge on any atom is 0.320 e. The van der Waals surface area contributed by atoms with Crippen molar-refractivity contribution >= 4 is 21.9 Å². The molecule has 0 bridgehead atoms. The number of nitrogens with one attached hydrogen (secondary N) is 1. The van der Waals surface area contributed by atoms with E-state index in [4.69, 9.17) is 0 Å². The zero-order chi connectivity index (χ0) is 14.5. The first kappa shape index (κ1) is 16.1. The maximum atomic E-state index is 11.2. The molecule has 1 aromatic heterocycles. The topological polar surface area (TPSA) is 62.2 Å².